The first kappa shape index (κ1) is 16.0. The molecule has 1 atom stereocenters. The van der Waals surface area contributed by atoms with E-state index in [9.17, 15) is 15.2 Å². The third kappa shape index (κ3) is 3.27. The number of phenolic OH excluding ortho intramolecular Hbond substituents is 1. The monoisotopic (exact) mass is 306 g/mol. The zero-order valence-electron chi connectivity index (χ0n) is 12.3. The van der Waals surface area contributed by atoms with Gasteiger partial charge >= 0.3 is 0 Å². The minimum absolute atomic E-state index is 0.0438. The highest BCUT2D eigenvalue weighted by Crippen LogP contribution is 2.40. The number of nitriles is 1. The molecule has 0 aromatic heterocycles. The molecule has 0 unspecified atom stereocenters. The van der Waals surface area contributed by atoms with Gasteiger partial charge in [0, 0.05) is 37.8 Å². The first-order chi connectivity index (χ1) is 10.6. The summed E-state index contributed by atoms with van der Waals surface area (Å²) in [7, 11) is 1.34. The number of nitrogens with zero attached hydrogens (tertiary/aromatic N) is 3. The van der Waals surface area contributed by atoms with E-state index >= 15 is 0 Å². The van der Waals surface area contributed by atoms with Crippen molar-refractivity contribution in [3.8, 4) is 17.6 Å². The number of nitro groups is 1. The molecule has 8 nitrogen and oxygen atoms in total. The Kier molecular flexibility index (Phi) is 5.14. The number of ether oxygens (including phenoxy) is 1. The van der Waals surface area contributed by atoms with Crippen molar-refractivity contribution in [2.75, 3.05) is 33.3 Å². The van der Waals surface area contributed by atoms with E-state index in [0.717, 1.165) is 13.1 Å². The van der Waals surface area contributed by atoms with Gasteiger partial charge in [-0.1, -0.05) is 0 Å². The molecular weight excluding hydrogens is 288 g/mol. The summed E-state index contributed by atoms with van der Waals surface area (Å²) in [6.07, 6.45) is 0.137. The molecule has 1 aliphatic heterocycles. The predicted octanol–water partition coefficient (Wildman–Crippen LogP) is 1.17. The molecule has 0 spiro atoms. The van der Waals surface area contributed by atoms with E-state index in [4.69, 9.17) is 10.00 Å². The number of non-ortho nitro benzene ring substituents is 1. The summed E-state index contributed by atoms with van der Waals surface area (Å²) < 4.78 is 5.02. The second kappa shape index (κ2) is 7.06. The SMILES string of the molecule is COc1cc([N+](=O)[O-])cc([C@H](CC#N)N2CCNCC2)c1O. The van der Waals surface area contributed by atoms with Crippen molar-refractivity contribution >= 4 is 5.69 Å². The second-order valence-corrected chi connectivity index (χ2v) is 5.01. The van der Waals surface area contributed by atoms with Gasteiger partial charge in [-0.3, -0.25) is 15.0 Å². The minimum atomic E-state index is -0.535. The zero-order valence-corrected chi connectivity index (χ0v) is 12.3. The molecule has 0 saturated carbocycles. The van der Waals surface area contributed by atoms with Crippen molar-refractivity contribution < 1.29 is 14.8 Å². The van der Waals surface area contributed by atoms with Crippen LogP contribution in [0.3, 0.4) is 0 Å². The third-order valence-electron chi connectivity index (χ3n) is 3.76. The van der Waals surface area contributed by atoms with Gasteiger partial charge in [-0.2, -0.15) is 5.26 Å². The van der Waals surface area contributed by atoms with Crippen molar-refractivity contribution in [2.24, 2.45) is 0 Å². The smallest absolute Gasteiger partial charge is 0.273 e. The maximum absolute atomic E-state index is 11.1. The fourth-order valence-electron chi connectivity index (χ4n) is 2.65. The van der Waals surface area contributed by atoms with Crippen LogP contribution in [0.2, 0.25) is 0 Å². The lowest BCUT2D eigenvalue weighted by Crippen LogP contribution is -2.45. The fourth-order valence-corrected chi connectivity index (χ4v) is 2.65. The zero-order chi connectivity index (χ0) is 16.1. The van der Waals surface area contributed by atoms with E-state index in [1.165, 1.54) is 19.2 Å². The number of phenols is 1. The first-order valence-electron chi connectivity index (χ1n) is 6.95. The fraction of sp³-hybridized carbons (Fsp3) is 0.500. The van der Waals surface area contributed by atoms with E-state index in [-0.39, 0.29) is 23.6 Å². The molecule has 0 radical (unpaired) electrons. The molecule has 0 bridgehead atoms. The van der Waals surface area contributed by atoms with E-state index in [1.54, 1.807) is 0 Å². The van der Waals surface area contributed by atoms with Gasteiger partial charge < -0.3 is 15.2 Å². The predicted molar refractivity (Wildman–Crippen MR) is 78.7 cm³/mol. The number of rotatable bonds is 5. The van der Waals surface area contributed by atoms with Crippen LogP contribution in [0.4, 0.5) is 5.69 Å². The molecule has 0 aliphatic carbocycles. The number of nitro benzene ring substituents is 1. The van der Waals surface area contributed by atoms with Crippen LogP contribution in [0.25, 0.3) is 0 Å². The molecule has 8 heteroatoms. The molecule has 22 heavy (non-hydrogen) atoms. The summed E-state index contributed by atoms with van der Waals surface area (Å²) in [5.41, 5.74) is 0.192. The highest BCUT2D eigenvalue weighted by molar-refractivity contribution is 5.54. The topological polar surface area (TPSA) is 112 Å². The normalized spacial score (nSPS) is 16.7. The molecular formula is C14H18N4O4. The molecule has 1 saturated heterocycles. The summed E-state index contributed by atoms with van der Waals surface area (Å²) in [6.45, 7) is 2.96. The van der Waals surface area contributed by atoms with Gasteiger partial charge in [-0.15, -0.1) is 0 Å². The van der Waals surface area contributed by atoms with Crippen molar-refractivity contribution in [3.63, 3.8) is 0 Å². The van der Waals surface area contributed by atoms with Crippen LogP contribution >= 0.6 is 0 Å². The van der Waals surface area contributed by atoms with E-state index in [2.05, 4.69) is 11.4 Å². The van der Waals surface area contributed by atoms with Gasteiger partial charge in [0.2, 0.25) is 0 Å². The number of piperazine rings is 1. The number of hydrogen-bond acceptors (Lipinski definition) is 7. The summed E-state index contributed by atoms with van der Waals surface area (Å²) in [4.78, 5) is 12.6. The van der Waals surface area contributed by atoms with Crippen LogP contribution in [0.15, 0.2) is 12.1 Å². The Bertz CT molecular complexity index is 593. The molecule has 2 N–H and O–H groups in total. The average molecular weight is 306 g/mol. The maximum Gasteiger partial charge on any atom is 0.273 e. The van der Waals surface area contributed by atoms with Crippen LogP contribution < -0.4 is 10.1 Å². The van der Waals surface area contributed by atoms with E-state index in [0.29, 0.717) is 18.7 Å². The second-order valence-electron chi connectivity index (χ2n) is 5.01. The summed E-state index contributed by atoms with van der Waals surface area (Å²) >= 11 is 0. The number of methoxy groups -OCH3 is 1. The lowest BCUT2D eigenvalue weighted by atomic mass is 9.99. The molecule has 1 aromatic carbocycles. The summed E-state index contributed by atoms with van der Waals surface area (Å²) in [5, 5.41) is 33.7. The molecule has 0 amide bonds. The van der Waals surface area contributed by atoms with Crippen LogP contribution in [0, 0.1) is 21.4 Å². The number of benzene rings is 1. The summed E-state index contributed by atoms with van der Waals surface area (Å²) in [5.74, 6) is -0.103. The third-order valence-corrected chi connectivity index (χ3v) is 3.76. The summed E-state index contributed by atoms with van der Waals surface area (Å²) in [6, 6.07) is 4.19. The Morgan fingerprint density at radius 3 is 2.77 bits per heavy atom. The molecule has 118 valence electrons. The minimum Gasteiger partial charge on any atom is -0.504 e. The van der Waals surface area contributed by atoms with Gasteiger partial charge in [0.15, 0.2) is 11.5 Å². The van der Waals surface area contributed by atoms with Crippen LogP contribution in [-0.4, -0.2) is 48.2 Å². The quantitative estimate of drug-likeness (QED) is 0.620. The van der Waals surface area contributed by atoms with E-state index < -0.39 is 11.0 Å². The van der Waals surface area contributed by atoms with E-state index in [1.807, 2.05) is 4.90 Å². The van der Waals surface area contributed by atoms with Crippen molar-refractivity contribution in [1.29, 1.82) is 5.26 Å². The molecule has 1 fully saturated rings. The average Bonchev–Trinajstić information content (AvgIpc) is 2.54. The van der Waals surface area contributed by atoms with Crippen molar-refractivity contribution in [2.45, 2.75) is 12.5 Å². The maximum atomic E-state index is 11.1. The molecule has 1 aromatic rings. The van der Waals surface area contributed by atoms with Crippen molar-refractivity contribution in [1.82, 2.24) is 10.2 Å². The lowest BCUT2D eigenvalue weighted by Gasteiger charge is -2.34. The standard InChI is InChI=1S/C14H18N4O4/c1-22-13-9-10(18(20)21)8-11(14(13)19)12(2-3-15)17-6-4-16-5-7-17/h8-9,12,16,19H,2,4-7H2,1H3/t12-/m0/s1. The van der Waals surface area contributed by atoms with Gasteiger partial charge in [-0.05, 0) is 0 Å². The first-order valence-corrected chi connectivity index (χ1v) is 6.95. The van der Waals surface area contributed by atoms with Crippen molar-refractivity contribution in [3.05, 3.63) is 27.8 Å². The Morgan fingerprint density at radius 2 is 2.23 bits per heavy atom. The highest BCUT2D eigenvalue weighted by Gasteiger charge is 2.28. The highest BCUT2D eigenvalue weighted by atomic mass is 16.6. The Hall–Kier alpha value is -2.37. The van der Waals surface area contributed by atoms with Gasteiger partial charge in [0.1, 0.15) is 0 Å². The van der Waals surface area contributed by atoms with Crippen LogP contribution in [0.5, 0.6) is 11.5 Å². The molecule has 1 heterocycles. The van der Waals surface area contributed by atoms with Gasteiger partial charge in [0.25, 0.3) is 5.69 Å². The number of aromatic hydroxyl groups is 1. The largest absolute Gasteiger partial charge is 0.504 e. The number of nitrogens with one attached hydrogen (secondary N) is 1. The Morgan fingerprint density at radius 1 is 1.55 bits per heavy atom. The van der Waals surface area contributed by atoms with Crippen LogP contribution in [0.1, 0.15) is 18.0 Å². The van der Waals surface area contributed by atoms with Gasteiger partial charge in [-0.25, -0.2) is 0 Å². The van der Waals surface area contributed by atoms with Crippen LogP contribution in [-0.2, 0) is 0 Å². The Labute approximate surface area is 128 Å². The Balaban J connectivity index is 2.47. The lowest BCUT2D eigenvalue weighted by molar-refractivity contribution is -0.385. The molecule has 2 rings (SSSR count). The van der Waals surface area contributed by atoms with Gasteiger partial charge in [0.05, 0.1) is 36.6 Å². The number of hydrogen-bond donors (Lipinski definition) is 2. The molecule has 1 aliphatic rings.